The molecule has 0 fully saturated rings. The van der Waals surface area contributed by atoms with Crippen molar-refractivity contribution in [2.24, 2.45) is 15.9 Å². The molecule has 0 amide bonds. The lowest BCUT2D eigenvalue weighted by Gasteiger charge is -2.37. The lowest BCUT2D eigenvalue weighted by Crippen LogP contribution is -2.40. The Morgan fingerprint density at radius 3 is 2.83 bits per heavy atom. The molecule has 0 spiro atoms. The van der Waals surface area contributed by atoms with Crippen LogP contribution in [0.2, 0.25) is 0 Å². The summed E-state index contributed by atoms with van der Waals surface area (Å²) < 4.78 is 6.20. The maximum Gasteiger partial charge on any atom is 0.123 e. The number of nitrogens with zero attached hydrogens (tertiary/aromatic N) is 2. The topological polar surface area (TPSA) is 46.0 Å². The van der Waals surface area contributed by atoms with Gasteiger partial charge in [0.1, 0.15) is 10.1 Å². The maximum atomic E-state index is 6.10. The minimum Gasteiger partial charge on any atom is -0.498 e. The van der Waals surface area contributed by atoms with Crippen molar-refractivity contribution in [3.63, 3.8) is 0 Å². The zero-order valence-electron chi connectivity index (χ0n) is 15.3. The first-order chi connectivity index (χ1) is 11.4. The quantitative estimate of drug-likeness (QED) is 0.777. The summed E-state index contributed by atoms with van der Waals surface area (Å²) in [6, 6.07) is 1.25. The van der Waals surface area contributed by atoms with Crippen molar-refractivity contribution in [2.45, 2.75) is 63.4 Å². The smallest absolute Gasteiger partial charge is 0.123 e. The maximum absolute atomic E-state index is 6.10. The molecule has 0 bridgehead atoms. The van der Waals surface area contributed by atoms with E-state index in [-0.39, 0.29) is 4.75 Å². The van der Waals surface area contributed by atoms with E-state index in [4.69, 9.17) is 14.7 Å². The van der Waals surface area contributed by atoms with Crippen molar-refractivity contribution in [2.75, 3.05) is 19.4 Å². The van der Waals surface area contributed by atoms with E-state index in [1.54, 1.807) is 0 Å². The molecule has 1 aliphatic carbocycles. The molecule has 6 heteroatoms. The largest absolute Gasteiger partial charge is 0.498 e. The Kier molecular flexibility index (Phi) is 5.67. The normalized spacial score (nSPS) is 36.7. The molecule has 24 heavy (non-hydrogen) atoms. The van der Waals surface area contributed by atoms with Gasteiger partial charge in [-0.05, 0) is 40.3 Å². The first-order valence-corrected chi connectivity index (χ1v) is 10.7. The van der Waals surface area contributed by atoms with E-state index in [9.17, 15) is 0 Å². The fraction of sp³-hybridized carbons (Fsp3) is 0.778. The molecule has 0 aromatic carbocycles. The van der Waals surface area contributed by atoms with Crippen LogP contribution in [0.1, 0.15) is 40.5 Å². The van der Waals surface area contributed by atoms with Gasteiger partial charge in [-0.15, -0.1) is 11.8 Å². The first kappa shape index (κ1) is 18.3. The number of thioether (sulfide) groups is 2. The second-order valence-corrected chi connectivity index (χ2v) is 9.92. The van der Waals surface area contributed by atoms with E-state index in [0.29, 0.717) is 24.0 Å². The number of rotatable bonds is 6. The summed E-state index contributed by atoms with van der Waals surface area (Å²) in [5.41, 5.74) is 0. The number of hydrogen-bond donors (Lipinski definition) is 1. The number of fused-ring (bicyclic) bond motifs is 1. The third-order valence-electron chi connectivity index (χ3n) is 5.00. The zero-order chi connectivity index (χ0) is 17.3. The van der Waals surface area contributed by atoms with Gasteiger partial charge in [0, 0.05) is 28.9 Å². The number of nitrogens with one attached hydrogen (secondary N) is 1. The van der Waals surface area contributed by atoms with Gasteiger partial charge in [-0.1, -0.05) is 18.7 Å². The van der Waals surface area contributed by atoms with E-state index in [1.807, 2.05) is 30.6 Å². The predicted octanol–water partition coefficient (Wildman–Crippen LogP) is 3.73. The minimum atomic E-state index is 0.0996. The Morgan fingerprint density at radius 1 is 1.38 bits per heavy atom. The van der Waals surface area contributed by atoms with Crippen LogP contribution < -0.4 is 5.32 Å². The van der Waals surface area contributed by atoms with E-state index in [1.165, 1.54) is 0 Å². The molecule has 0 saturated carbocycles. The fourth-order valence-electron chi connectivity index (χ4n) is 3.47. The van der Waals surface area contributed by atoms with Crippen molar-refractivity contribution in [3.8, 4) is 0 Å². The summed E-state index contributed by atoms with van der Waals surface area (Å²) >= 11 is 3.77. The Morgan fingerprint density at radius 2 is 2.17 bits per heavy atom. The molecule has 0 radical (unpaired) electrons. The van der Waals surface area contributed by atoms with Crippen LogP contribution >= 0.6 is 23.5 Å². The highest BCUT2D eigenvalue weighted by Crippen LogP contribution is 2.50. The van der Waals surface area contributed by atoms with E-state index in [2.05, 4.69) is 39.1 Å². The van der Waals surface area contributed by atoms with Crippen molar-refractivity contribution in [1.82, 2.24) is 5.32 Å². The lowest BCUT2D eigenvalue weighted by atomic mass is 9.82. The van der Waals surface area contributed by atoms with Crippen molar-refractivity contribution >= 4 is 33.6 Å². The molecule has 5 atom stereocenters. The van der Waals surface area contributed by atoms with Crippen LogP contribution in [0.25, 0.3) is 0 Å². The summed E-state index contributed by atoms with van der Waals surface area (Å²) in [5.74, 6) is 2.64. The summed E-state index contributed by atoms with van der Waals surface area (Å²) in [6.45, 7) is 9.75. The van der Waals surface area contributed by atoms with Crippen LogP contribution in [-0.2, 0) is 4.74 Å². The van der Waals surface area contributed by atoms with Gasteiger partial charge in [0.05, 0.1) is 24.4 Å². The Bertz CT molecular complexity index is 575. The van der Waals surface area contributed by atoms with Crippen molar-refractivity contribution in [3.05, 3.63) is 11.8 Å². The molecule has 2 aliphatic heterocycles. The summed E-state index contributed by atoms with van der Waals surface area (Å²) in [7, 11) is 2.00. The van der Waals surface area contributed by atoms with Crippen LogP contribution in [0, 0.1) is 5.92 Å². The van der Waals surface area contributed by atoms with Crippen LogP contribution in [-0.4, -0.2) is 52.4 Å². The van der Waals surface area contributed by atoms with Crippen LogP contribution in [0.15, 0.2) is 21.8 Å². The zero-order valence-corrected chi connectivity index (χ0v) is 17.0. The lowest BCUT2D eigenvalue weighted by molar-refractivity contribution is 0.169. The Balaban J connectivity index is 1.64. The summed E-state index contributed by atoms with van der Waals surface area (Å²) in [5, 5.41) is 5.57. The van der Waals surface area contributed by atoms with Gasteiger partial charge in [0.25, 0.3) is 0 Å². The number of ether oxygens (including phenoxy) is 1. The van der Waals surface area contributed by atoms with Crippen LogP contribution in [0.3, 0.4) is 0 Å². The number of aliphatic imine (C=N–C) groups is 2. The number of allylic oxidation sites excluding steroid dienone is 1. The molecule has 0 saturated heterocycles. The third-order valence-corrected chi connectivity index (χ3v) is 7.69. The third kappa shape index (κ3) is 3.86. The van der Waals surface area contributed by atoms with Crippen molar-refractivity contribution in [1.29, 1.82) is 0 Å². The van der Waals surface area contributed by atoms with Crippen molar-refractivity contribution < 1.29 is 4.74 Å². The Labute approximate surface area is 154 Å². The molecule has 0 aromatic heterocycles. The van der Waals surface area contributed by atoms with E-state index in [0.717, 1.165) is 41.0 Å². The molecule has 134 valence electrons. The number of hydrogen-bond acceptors (Lipinski definition) is 6. The van der Waals surface area contributed by atoms with Gasteiger partial charge < -0.3 is 10.1 Å². The van der Waals surface area contributed by atoms with Crippen LogP contribution in [0.4, 0.5) is 0 Å². The van der Waals surface area contributed by atoms with Gasteiger partial charge in [-0.25, -0.2) is 0 Å². The molecule has 4 nitrogen and oxygen atoms in total. The summed E-state index contributed by atoms with van der Waals surface area (Å²) in [6.07, 6.45) is 4.28. The van der Waals surface area contributed by atoms with Gasteiger partial charge in [-0.2, -0.15) is 0 Å². The highest BCUT2D eigenvalue weighted by atomic mass is 32.2. The minimum absolute atomic E-state index is 0.0996. The molecular weight excluding hydrogens is 338 g/mol. The average Bonchev–Trinajstić information content (AvgIpc) is 3.10. The molecule has 2 heterocycles. The second-order valence-electron chi connectivity index (χ2n) is 7.38. The standard InChI is InChI=1S/C18H29N3OS2/c1-11-8-14(22-7-6-12(2)19-5)9-18(4)15(11)21-17(24-18)16-20-13(3)10-23-16/h8,11-13,15,19H,6-7,9-10H2,1-5H3/t11?,12?,13-,15?,18?/m0/s1. The van der Waals surface area contributed by atoms with Gasteiger partial charge in [0.2, 0.25) is 0 Å². The van der Waals surface area contributed by atoms with Gasteiger partial charge in [-0.3, -0.25) is 9.98 Å². The fourth-order valence-corrected chi connectivity index (χ4v) is 6.03. The van der Waals surface area contributed by atoms with Gasteiger partial charge >= 0.3 is 0 Å². The highest BCUT2D eigenvalue weighted by Gasteiger charge is 2.48. The molecule has 1 N–H and O–H groups in total. The first-order valence-electron chi connectivity index (χ1n) is 8.90. The molecule has 0 aromatic rings. The van der Waals surface area contributed by atoms with E-state index < -0.39 is 0 Å². The van der Waals surface area contributed by atoms with E-state index >= 15 is 0 Å². The Hall–Kier alpha value is -0.460. The van der Waals surface area contributed by atoms with Gasteiger partial charge in [0.15, 0.2) is 0 Å². The SMILES string of the molecule is CNC(C)CCOC1=CC(C)C2N=C(C3=N[C@@H](C)CS3)SC2(C)C1. The summed E-state index contributed by atoms with van der Waals surface area (Å²) in [4.78, 5) is 9.81. The molecule has 4 unspecified atom stereocenters. The molecule has 3 aliphatic rings. The highest BCUT2D eigenvalue weighted by molar-refractivity contribution is 8.26. The molecular formula is C18H29N3OS2. The predicted molar refractivity (Wildman–Crippen MR) is 108 cm³/mol. The average molecular weight is 368 g/mol. The second kappa shape index (κ2) is 7.42. The monoisotopic (exact) mass is 367 g/mol. The molecule has 3 rings (SSSR count). The van der Waals surface area contributed by atoms with Crippen LogP contribution in [0.5, 0.6) is 0 Å².